The van der Waals surface area contributed by atoms with Crippen molar-refractivity contribution in [1.29, 1.82) is 0 Å². The highest BCUT2D eigenvalue weighted by Gasteiger charge is 2.31. The molecule has 1 saturated heterocycles. The smallest absolute Gasteiger partial charge is 0.308 e. The molecular weight excluding hydrogens is 284 g/mol. The molecule has 2 rings (SSSR count). The Kier molecular flexibility index (Phi) is 5.80. The maximum Gasteiger partial charge on any atom is 0.308 e. The van der Waals surface area contributed by atoms with Gasteiger partial charge in [0.1, 0.15) is 0 Å². The van der Waals surface area contributed by atoms with Crippen LogP contribution in [0.2, 0.25) is 0 Å². The van der Waals surface area contributed by atoms with Crippen molar-refractivity contribution in [2.75, 3.05) is 19.6 Å². The molecule has 0 aromatic rings. The van der Waals surface area contributed by atoms with Gasteiger partial charge in [-0.15, -0.1) is 0 Å². The highest BCUT2D eigenvalue weighted by atomic mass is 16.4. The van der Waals surface area contributed by atoms with E-state index in [4.69, 9.17) is 5.11 Å². The molecule has 2 atom stereocenters. The Hall–Kier alpha value is -1.59. The summed E-state index contributed by atoms with van der Waals surface area (Å²) in [5.74, 6) is -0.969. The summed E-state index contributed by atoms with van der Waals surface area (Å²) in [5.41, 5.74) is 0. The minimum atomic E-state index is -0.852. The van der Waals surface area contributed by atoms with Gasteiger partial charge in [0, 0.05) is 19.5 Å². The number of hydrogen-bond acceptors (Lipinski definition) is 3. The van der Waals surface area contributed by atoms with Crippen molar-refractivity contribution in [3.63, 3.8) is 0 Å². The molecule has 2 fully saturated rings. The van der Waals surface area contributed by atoms with Crippen LogP contribution in [-0.2, 0) is 14.4 Å². The first-order chi connectivity index (χ1) is 10.5. The number of likely N-dealkylation sites (tertiary alicyclic amines) is 1. The number of carboxylic acid groups (broad SMARTS) is 1. The summed E-state index contributed by atoms with van der Waals surface area (Å²) in [4.78, 5) is 36.7. The second-order valence-corrected chi connectivity index (χ2v) is 6.81. The second-order valence-electron chi connectivity index (χ2n) is 6.81. The number of nitrogens with one attached hydrogen (secondary N) is 1. The third-order valence-electron chi connectivity index (χ3n) is 4.75. The van der Waals surface area contributed by atoms with Crippen LogP contribution in [0.3, 0.4) is 0 Å². The van der Waals surface area contributed by atoms with Crippen LogP contribution >= 0.6 is 0 Å². The van der Waals surface area contributed by atoms with E-state index in [9.17, 15) is 14.4 Å². The number of carboxylic acids is 1. The summed E-state index contributed by atoms with van der Waals surface area (Å²) < 4.78 is 0. The summed E-state index contributed by atoms with van der Waals surface area (Å²) in [6, 6.07) is 0. The molecule has 1 aliphatic heterocycles. The lowest BCUT2D eigenvalue weighted by atomic mass is 9.90. The van der Waals surface area contributed by atoms with Gasteiger partial charge in [0.05, 0.1) is 12.5 Å². The van der Waals surface area contributed by atoms with Gasteiger partial charge in [0.25, 0.3) is 0 Å². The number of hydrogen-bond donors (Lipinski definition) is 2. The summed E-state index contributed by atoms with van der Waals surface area (Å²) in [7, 11) is 0. The van der Waals surface area contributed by atoms with Crippen molar-refractivity contribution < 1.29 is 19.5 Å². The lowest BCUT2D eigenvalue weighted by Gasteiger charge is -2.34. The van der Waals surface area contributed by atoms with Crippen LogP contribution in [0.4, 0.5) is 0 Å². The Morgan fingerprint density at radius 3 is 2.50 bits per heavy atom. The molecule has 0 spiro atoms. The lowest BCUT2D eigenvalue weighted by molar-refractivity contribution is -0.147. The highest BCUT2D eigenvalue weighted by Crippen LogP contribution is 2.27. The SMILES string of the molecule is CC1CC(C(=O)O)CN(C(=O)CNC(=O)CC2CCCC2)C1. The fourth-order valence-electron chi connectivity index (χ4n) is 3.57. The molecule has 2 unspecified atom stereocenters. The Labute approximate surface area is 131 Å². The van der Waals surface area contributed by atoms with Crippen LogP contribution in [0.25, 0.3) is 0 Å². The predicted molar refractivity (Wildman–Crippen MR) is 81.1 cm³/mol. The first-order valence-electron chi connectivity index (χ1n) is 8.23. The number of carbonyl (C=O) groups is 3. The average molecular weight is 310 g/mol. The molecule has 2 N–H and O–H groups in total. The van der Waals surface area contributed by atoms with Gasteiger partial charge in [0.15, 0.2) is 0 Å². The van der Waals surface area contributed by atoms with Crippen molar-refractivity contribution in [3.05, 3.63) is 0 Å². The molecule has 0 radical (unpaired) electrons. The van der Waals surface area contributed by atoms with Gasteiger partial charge in [-0.2, -0.15) is 0 Å². The summed E-state index contributed by atoms with van der Waals surface area (Å²) >= 11 is 0. The van der Waals surface area contributed by atoms with Crippen LogP contribution in [0.1, 0.15) is 45.4 Å². The third-order valence-corrected chi connectivity index (χ3v) is 4.75. The van der Waals surface area contributed by atoms with Crippen LogP contribution in [-0.4, -0.2) is 47.4 Å². The zero-order valence-corrected chi connectivity index (χ0v) is 13.2. The maximum atomic E-state index is 12.2. The number of nitrogens with zero attached hydrogens (tertiary/aromatic N) is 1. The molecule has 124 valence electrons. The van der Waals surface area contributed by atoms with Gasteiger partial charge >= 0.3 is 5.97 Å². The van der Waals surface area contributed by atoms with E-state index in [0.29, 0.717) is 25.3 Å². The highest BCUT2D eigenvalue weighted by molar-refractivity contribution is 5.85. The van der Waals surface area contributed by atoms with Gasteiger partial charge in [-0.05, 0) is 31.1 Å². The van der Waals surface area contributed by atoms with Crippen LogP contribution in [0.5, 0.6) is 0 Å². The summed E-state index contributed by atoms with van der Waals surface area (Å²) in [6.07, 6.45) is 5.70. The van der Waals surface area contributed by atoms with E-state index in [2.05, 4.69) is 5.32 Å². The summed E-state index contributed by atoms with van der Waals surface area (Å²) in [5, 5.41) is 11.8. The lowest BCUT2D eigenvalue weighted by Crippen LogP contribution is -2.49. The number of piperidine rings is 1. The molecule has 1 saturated carbocycles. The number of carbonyl (C=O) groups excluding carboxylic acids is 2. The normalized spacial score (nSPS) is 26.0. The Morgan fingerprint density at radius 2 is 1.86 bits per heavy atom. The molecule has 1 heterocycles. The first kappa shape index (κ1) is 16.8. The molecule has 1 aliphatic carbocycles. The van der Waals surface area contributed by atoms with Crippen molar-refractivity contribution in [3.8, 4) is 0 Å². The van der Waals surface area contributed by atoms with Gasteiger partial charge < -0.3 is 15.3 Å². The van der Waals surface area contributed by atoms with Gasteiger partial charge in [0.2, 0.25) is 11.8 Å². The Bertz CT molecular complexity index is 432. The van der Waals surface area contributed by atoms with Crippen LogP contribution in [0.15, 0.2) is 0 Å². The molecule has 6 heteroatoms. The predicted octanol–water partition coefficient (Wildman–Crippen LogP) is 1.25. The molecule has 6 nitrogen and oxygen atoms in total. The molecule has 2 amide bonds. The molecular formula is C16H26N2O4. The number of rotatable bonds is 5. The van der Waals surface area contributed by atoms with E-state index in [0.717, 1.165) is 12.8 Å². The summed E-state index contributed by atoms with van der Waals surface area (Å²) in [6.45, 7) is 2.75. The van der Waals surface area contributed by atoms with Crippen LogP contribution < -0.4 is 5.32 Å². The zero-order chi connectivity index (χ0) is 16.1. The minimum absolute atomic E-state index is 0.0232. The quantitative estimate of drug-likeness (QED) is 0.800. The average Bonchev–Trinajstić information content (AvgIpc) is 2.96. The van der Waals surface area contributed by atoms with E-state index in [1.165, 1.54) is 12.8 Å². The minimum Gasteiger partial charge on any atom is -0.481 e. The standard InChI is InChI=1S/C16H26N2O4/c1-11-6-13(16(21)22)10-18(9-11)15(20)8-17-14(19)7-12-4-2-3-5-12/h11-13H,2-10H2,1H3,(H,17,19)(H,21,22). The number of aliphatic carboxylic acids is 1. The molecule has 0 bridgehead atoms. The first-order valence-corrected chi connectivity index (χ1v) is 8.23. The van der Waals surface area contributed by atoms with E-state index in [1.807, 2.05) is 6.92 Å². The Balaban J connectivity index is 1.75. The van der Waals surface area contributed by atoms with E-state index in [-0.39, 0.29) is 30.8 Å². The molecule has 0 aromatic heterocycles. The monoisotopic (exact) mass is 310 g/mol. The fraction of sp³-hybridized carbons (Fsp3) is 0.812. The molecule has 0 aromatic carbocycles. The zero-order valence-electron chi connectivity index (χ0n) is 13.2. The van der Waals surface area contributed by atoms with Gasteiger partial charge in [-0.1, -0.05) is 19.8 Å². The van der Waals surface area contributed by atoms with Crippen molar-refractivity contribution >= 4 is 17.8 Å². The topological polar surface area (TPSA) is 86.7 Å². The van der Waals surface area contributed by atoms with E-state index in [1.54, 1.807) is 4.90 Å². The second kappa shape index (κ2) is 7.61. The van der Waals surface area contributed by atoms with Gasteiger partial charge in [-0.25, -0.2) is 0 Å². The number of amides is 2. The van der Waals surface area contributed by atoms with E-state index >= 15 is 0 Å². The third kappa shape index (κ3) is 4.71. The van der Waals surface area contributed by atoms with Gasteiger partial charge in [-0.3, -0.25) is 14.4 Å². The van der Waals surface area contributed by atoms with Crippen molar-refractivity contribution in [2.24, 2.45) is 17.8 Å². The maximum absolute atomic E-state index is 12.2. The largest absolute Gasteiger partial charge is 0.481 e. The fourth-order valence-corrected chi connectivity index (χ4v) is 3.57. The van der Waals surface area contributed by atoms with Crippen molar-refractivity contribution in [2.45, 2.75) is 45.4 Å². The van der Waals surface area contributed by atoms with Crippen molar-refractivity contribution in [1.82, 2.24) is 10.2 Å². The van der Waals surface area contributed by atoms with E-state index < -0.39 is 11.9 Å². The molecule has 22 heavy (non-hydrogen) atoms. The molecule has 2 aliphatic rings. The van der Waals surface area contributed by atoms with Crippen LogP contribution in [0, 0.1) is 17.8 Å². The Morgan fingerprint density at radius 1 is 1.18 bits per heavy atom.